The first kappa shape index (κ1) is 14.0. The summed E-state index contributed by atoms with van der Waals surface area (Å²) in [7, 11) is 0. The number of thiazole rings is 1. The third kappa shape index (κ3) is 3.33. The molecule has 1 atom stereocenters. The summed E-state index contributed by atoms with van der Waals surface area (Å²) in [4.78, 5) is 17.0. The van der Waals surface area contributed by atoms with E-state index in [1.807, 2.05) is 13.0 Å². The van der Waals surface area contributed by atoms with Crippen LogP contribution in [0.3, 0.4) is 0 Å². The molecule has 2 aromatic rings. The third-order valence-corrected chi connectivity index (χ3v) is 3.36. The van der Waals surface area contributed by atoms with Gasteiger partial charge < -0.3 is 4.74 Å². The van der Waals surface area contributed by atoms with Crippen molar-refractivity contribution in [2.75, 3.05) is 5.32 Å². The summed E-state index contributed by atoms with van der Waals surface area (Å²) in [6.45, 7) is 3.54. The molecule has 0 fully saturated rings. The number of anilines is 1. The lowest BCUT2D eigenvalue weighted by Crippen LogP contribution is -2.30. The number of rotatable bonds is 4. The number of benzene rings is 1. The number of carbonyl (C=O) groups is 1. The maximum atomic E-state index is 12.0. The molecule has 1 amide bonds. The molecule has 0 aliphatic heterocycles. The second kappa shape index (κ2) is 6.17. The molecule has 0 spiro atoms. The Balaban J connectivity index is 2.02. The summed E-state index contributed by atoms with van der Waals surface area (Å²) < 4.78 is 5.52. The molecule has 6 heteroatoms. The Morgan fingerprint density at radius 1 is 1.50 bits per heavy atom. The summed E-state index contributed by atoms with van der Waals surface area (Å²) in [6, 6.07) is 8.83. The van der Waals surface area contributed by atoms with E-state index in [0.29, 0.717) is 16.4 Å². The van der Waals surface area contributed by atoms with Crippen molar-refractivity contribution in [1.82, 2.24) is 4.98 Å². The van der Waals surface area contributed by atoms with Crippen LogP contribution in [0, 0.1) is 18.3 Å². The fourth-order valence-electron chi connectivity index (χ4n) is 1.53. The molecular weight excluding hydrogens is 274 g/mol. The zero-order chi connectivity index (χ0) is 14.5. The van der Waals surface area contributed by atoms with Crippen LogP contribution >= 0.6 is 11.3 Å². The van der Waals surface area contributed by atoms with E-state index in [-0.39, 0.29) is 5.91 Å². The van der Waals surface area contributed by atoms with Gasteiger partial charge in [-0.15, -0.1) is 11.3 Å². The highest BCUT2D eigenvalue weighted by Gasteiger charge is 2.17. The Morgan fingerprint density at radius 2 is 2.25 bits per heavy atom. The van der Waals surface area contributed by atoms with Gasteiger partial charge >= 0.3 is 0 Å². The van der Waals surface area contributed by atoms with Crippen LogP contribution in [-0.2, 0) is 4.79 Å². The summed E-state index contributed by atoms with van der Waals surface area (Å²) in [5, 5.41) is 12.2. The zero-order valence-corrected chi connectivity index (χ0v) is 11.9. The quantitative estimate of drug-likeness (QED) is 0.938. The molecule has 1 unspecified atom stereocenters. The van der Waals surface area contributed by atoms with Crippen molar-refractivity contribution in [1.29, 1.82) is 5.26 Å². The van der Waals surface area contributed by atoms with Crippen molar-refractivity contribution < 1.29 is 9.53 Å². The zero-order valence-electron chi connectivity index (χ0n) is 11.1. The minimum Gasteiger partial charge on any atom is -0.480 e. The number of amides is 1. The van der Waals surface area contributed by atoms with Gasteiger partial charge in [0.25, 0.3) is 5.91 Å². The second-order valence-corrected chi connectivity index (χ2v) is 5.37. The topological polar surface area (TPSA) is 75.0 Å². The Bertz CT molecular complexity index is 660. The summed E-state index contributed by atoms with van der Waals surface area (Å²) in [5.74, 6) is 0.0973. The maximum absolute atomic E-state index is 12.0. The first-order valence-electron chi connectivity index (χ1n) is 5.99. The predicted octanol–water partition coefficient (Wildman–Crippen LogP) is 2.73. The van der Waals surface area contributed by atoms with E-state index in [2.05, 4.69) is 10.3 Å². The highest BCUT2D eigenvalue weighted by atomic mass is 32.1. The third-order valence-electron chi connectivity index (χ3n) is 2.53. The van der Waals surface area contributed by atoms with Gasteiger partial charge in [0.15, 0.2) is 11.2 Å². The molecule has 1 N–H and O–H groups in total. The number of nitrogens with one attached hydrogen (secondary N) is 1. The van der Waals surface area contributed by atoms with Crippen molar-refractivity contribution in [3.8, 4) is 11.8 Å². The molecule has 102 valence electrons. The van der Waals surface area contributed by atoms with Gasteiger partial charge in [0, 0.05) is 11.1 Å². The smallest absolute Gasteiger partial charge is 0.266 e. The summed E-state index contributed by atoms with van der Waals surface area (Å²) >= 11 is 1.40. The normalized spacial score (nSPS) is 11.4. The minimum atomic E-state index is -0.714. The van der Waals surface area contributed by atoms with Crippen LogP contribution in [0.15, 0.2) is 30.5 Å². The standard InChI is InChI=1S/C14H13N3O2S/c1-9-8-16-14(20-9)17-13(18)10(2)19-12-6-4-3-5-11(12)7-15/h3-6,8,10H,1-2H3,(H,16,17,18). The molecule has 0 radical (unpaired) electrons. The van der Waals surface area contributed by atoms with Crippen molar-refractivity contribution in [3.63, 3.8) is 0 Å². The van der Waals surface area contributed by atoms with Gasteiger partial charge in [-0.25, -0.2) is 4.98 Å². The first-order valence-corrected chi connectivity index (χ1v) is 6.81. The highest BCUT2D eigenvalue weighted by molar-refractivity contribution is 7.15. The molecule has 0 saturated heterocycles. The number of hydrogen-bond acceptors (Lipinski definition) is 5. The van der Waals surface area contributed by atoms with E-state index in [0.717, 1.165) is 4.88 Å². The van der Waals surface area contributed by atoms with Crippen molar-refractivity contribution in [2.24, 2.45) is 0 Å². The van der Waals surface area contributed by atoms with Gasteiger partial charge in [-0.1, -0.05) is 12.1 Å². The fraction of sp³-hybridized carbons (Fsp3) is 0.214. The molecule has 0 saturated carbocycles. The van der Waals surface area contributed by atoms with Crippen LogP contribution in [0.25, 0.3) is 0 Å². The monoisotopic (exact) mass is 287 g/mol. The van der Waals surface area contributed by atoms with E-state index in [9.17, 15) is 4.79 Å². The molecule has 20 heavy (non-hydrogen) atoms. The first-order chi connectivity index (χ1) is 9.60. The lowest BCUT2D eigenvalue weighted by atomic mass is 10.2. The summed E-state index contributed by atoms with van der Waals surface area (Å²) in [5.41, 5.74) is 0.400. The Hall–Kier alpha value is -2.39. The lowest BCUT2D eigenvalue weighted by Gasteiger charge is -2.14. The van der Waals surface area contributed by atoms with Crippen molar-refractivity contribution >= 4 is 22.4 Å². The van der Waals surface area contributed by atoms with E-state index in [4.69, 9.17) is 10.00 Å². The molecule has 1 aromatic heterocycles. The molecule has 0 aliphatic carbocycles. The van der Waals surface area contributed by atoms with Gasteiger partial charge in [0.05, 0.1) is 5.56 Å². The molecule has 1 heterocycles. The summed E-state index contributed by atoms with van der Waals surface area (Å²) in [6.07, 6.45) is 0.977. The van der Waals surface area contributed by atoms with Crippen molar-refractivity contribution in [2.45, 2.75) is 20.0 Å². The minimum absolute atomic E-state index is 0.299. The Morgan fingerprint density at radius 3 is 2.90 bits per heavy atom. The average molecular weight is 287 g/mol. The SMILES string of the molecule is Cc1cnc(NC(=O)C(C)Oc2ccccc2C#N)s1. The van der Waals surface area contributed by atoms with Gasteiger partial charge in [-0.2, -0.15) is 5.26 Å². The van der Waals surface area contributed by atoms with Crippen LogP contribution in [0.2, 0.25) is 0 Å². The lowest BCUT2D eigenvalue weighted by molar-refractivity contribution is -0.122. The van der Waals surface area contributed by atoms with Crippen LogP contribution < -0.4 is 10.1 Å². The number of nitrogens with zero attached hydrogens (tertiary/aromatic N) is 2. The predicted molar refractivity (Wildman–Crippen MR) is 76.7 cm³/mol. The largest absolute Gasteiger partial charge is 0.480 e. The van der Waals surface area contributed by atoms with Crippen LogP contribution in [0.4, 0.5) is 5.13 Å². The van der Waals surface area contributed by atoms with Gasteiger partial charge in [-0.05, 0) is 26.0 Å². The van der Waals surface area contributed by atoms with Crippen LogP contribution in [-0.4, -0.2) is 17.0 Å². The number of nitriles is 1. The molecule has 1 aromatic carbocycles. The Kier molecular flexibility index (Phi) is 4.33. The molecule has 0 aliphatic rings. The van der Waals surface area contributed by atoms with E-state index >= 15 is 0 Å². The van der Waals surface area contributed by atoms with Crippen LogP contribution in [0.1, 0.15) is 17.4 Å². The fourth-order valence-corrected chi connectivity index (χ4v) is 2.19. The maximum Gasteiger partial charge on any atom is 0.266 e. The molecule has 0 bridgehead atoms. The number of hydrogen-bond donors (Lipinski definition) is 1. The number of para-hydroxylation sites is 1. The molecule has 2 rings (SSSR count). The van der Waals surface area contributed by atoms with E-state index in [1.165, 1.54) is 11.3 Å². The van der Waals surface area contributed by atoms with Gasteiger partial charge in [0.1, 0.15) is 11.8 Å². The number of ether oxygens (including phenoxy) is 1. The van der Waals surface area contributed by atoms with Gasteiger partial charge in [0.2, 0.25) is 0 Å². The Labute approximate surface area is 120 Å². The number of carbonyl (C=O) groups excluding carboxylic acids is 1. The number of aryl methyl sites for hydroxylation is 1. The van der Waals surface area contributed by atoms with E-state index in [1.54, 1.807) is 37.4 Å². The highest BCUT2D eigenvalue weighted by Crippen LogP contribution is 2.20. The second-order valence-electron chi connectivity index (χ2n) is 4.13. The van der Waals surface area contributed by atoms with E-state index < -0.39 is 6.10 Å². The van der Waals surface area contributed by atoms with Crippen LogP contribution in [0.5, 0.6) is 5.75 Å². The van der Waals surface area contributed by atoms with Gasteiger partial charge in [-0.3, -0.25) is 10.1 Å². The average Bonchev–Trinajstić information content (AvgIpc) is 2.84. The molecular formula is C14H13N3O2S. The number of aromatic nitrogens is 1. The van der Waals surface area contributed by atoms with Crippen molar-refractivity contribution in [3.05, 3.63) is 40.9 Å². The molecule has 5 nitrogen and oxygen atoms in total.